The van der Waals surface area contributed by atoms with Gasteiger partial charge in [0.25, 0.3) is 5.91 Å². The first-order valence-electron chi connectivity index (χ1n) is 8.84. The number of nitrogens with zero attached hydrogens (tertiary/aromatic N) is 1. The highest BCUT2D eigenvalue weighted by atomic mass is 16.3. The van der Waals surface area contributed by atoms with Crippen molar-refractivity contribution in [3.63, 3.8) is 0 Å². The molecule has 1 atom stereocenters. The lowest BCUT2D eigenvalue weighted by molar-refractivity contribution is -0.131. The molecule has 4 nitrogen and oxygen atoms in total. The summed E-state index contributed by atoms with van der Waals surface area (Å²) in [7, 11) is 0. The van der Waals surface area contributed by atoms with Crippen LogP contribution in [-0.4, -0.2) is 27.7 Å². The summed E-state index contributed by atoms with van der Waals surface area (Å²) in [6.07, 6.45) is 4.40. The monoisotopic (exact) mass is 327 g/mol. The molecule has 2 aliphatic rings. The number of amides is 1. The van der Waals surface area contributed by atoms with E-state index in [1.54, 1.807) is 4.90 Å². The van der Waals surface area contributed by atoms with Crippen LogP contribution in [0.2, 0.25) is 0 Å². The highest BCUT2D eigenvalue weighted by Crippen LogP contribution is 2.42. The Morgan fingerprint density at radius 1 is 1.21 bits per heavy atom. The van der Waals surface area contributed by atoms with Gasteiger partial charge in [0.15, 0.2) is 11.5 Å². The maximum atomic E-state index is 12.8. The minimum atomic E-state index is -0.451. The molecule has 3 rings (SSSR count). The molecule has 1 heterocycles. The van der Waals surface area contributed by atoms with E-state index < -0.39 is 6.04 Å². The molecule has 0 radical (unpaired) electrons. The van der Waals surface area contributed by atoms with Gasteiger partial charge < -0.3 is 10.0 Å². The number of carbonyl (C=O) groups excluding carboxylic acids is 2. The molecule has 1 unspecified atom stereocenters. The van der Waals surface area contributed by atoms with Gasteiger partial charge in [0.05, 0.1) is 11.6 Å². The van der Waals surface area contributed by atoms with Gasteiger partial charge in [-0.1, -0.05) is 57.0 Å². The average Bonchev–Trinajstić information content (AvgIpc) is 3.15. The fourth-order valence-corrected chi connectivity index (χ4v) is 3.91. The lowest BCUT2D eigenvalue weighted by Crippen LogP contribution is -2.38. The summed E-state index contributed by atoms with van der Waals surface area (Å²) in [4.78, 5) is 27.3. The van der Waals surface area contributed by atoms with Gasteiger partial charge in [-0.05, 0) is 24.3 Å². The molecule has 1 aliphatic heterocycles. The van der Waals surface area contributed by atoms with Crippen molar-refractivity contribution in [1.29, 1.82) is 0 Å². The lowest BCUT2D eigenvalue weighted by Gasteiger charge is -2.32. The second-order valence-electron chi connectivity index (χ2n) is 7.25. The van der Waals surface area contributed by atoms with Crippen LogP contribution in [0.4, 0.5) is 0 Å². The van der Waals surface area contributed by atoms with Crippen LogP contribution in [0.1, 0.15) is 57.6 Å². The van der Waals surface area contributed by atoms with Crippen LogP contribution in [0.5, 0.6) is 0 Å². The number of rotatable bonds is 5. The zero-order valence-electron chi connectivity index (χ0n) is 14.4. The Kier molecular flexibility index (Phi) is 4.74. The molecular formula is C20H25NO3. The molecule has 4 heteroatoms. The zero-order valence-corrected chi connectivity index (χ0v) is 14.4. The second-order valence-corrected chi connectivity index (χ2v) is 7.25. The summed E-state index contributed by atoms with van der Waals surface area (Å²) in [5, 5.41) is 10.5. The summed E-state index contributed by atoms with van der Waals surface area (Å²) in [6.45, 7) is 3.94. The lowest BCUT2D eigenvalue weighted by atomic mass is 9.91. The fourth-order valence-electron chi connectivity index (χ4n) is 3.91. The second kappa shape index (κ2) is 6.80. The van der Waals surface area contributed by atoms with Gasteiger partial charge in [0.2, 0.25) is 0 Å². The normalized spacial score (nSPS) is 22.0. The third-order valence-electron chi connectivity index (χ3n) is 4.97. The molecule has 1 amide bonds. The molecule has 0 spiro atoms. The van der Waals surface area contributed by atoms with Crippen molar-refractivity contribution < 1.29 is 14.7 Å². The number of aliphatic hydroxyl groups excluding tert-OH is 1. The van der Waals surface area contributed by atoms with Crippen LogP contribution in [0.3, 0.4) is 0 Å². The Labute approximate surface area is 143 Å². The van der Waals surface area contributed by atoms with Crippen molar-refractivity contribution in [3.8, 4) is 0 Å². The molecular weight excluding hydrogens is 302 g/mol. The molecule has 24 heavy (non-hydrogen) atoms. The average molecular weight is 327 g/mol. The van der Waals surface area contributed by atoms with E-state index in [1.165, 1.54) is 0 Å². The standard InChI is InChI=1S/C20H25NO3/c1-13(2)12-16(22)17-18(14-8-4-3-5-9-14)21(20(24)19(17)23)15-10-6-7-11-15/h3-5,8-9,13,15,18,23H,6-7,10-12H2,1-2H3. The number of benzene rings is 1. The van der Waals surface area contributed by atoms with Gasteiger partial charge in [-0.25, -0.2) is 0 Å². The van der Waals surface area contributed by atoms with Crippen molar-refractivity contribution in [2.45, 2.75) is 58.0 Å². The van der Waals surface area contributed by atoms with E-state index in [9.17, 15) is 14.7 Å². The molecule has 0 saturated heterocycles. The smallest absolute Gasteiger partial charge is 0.290 e. The summed E-state index contributed by atoms with van der Waals surface area (Å²) in [5.74, 6) is -0.667. The van der Waals surface area contributed by atoms with Crippen LogP contribution in [0.25, 0.3) is 0 Å². The topological polar surface area (TPSA) is 57.6 Å². The van der Waals surface area contributed by atoms with Gasteiger partial charge in [-0.15, -0.1) is 0 Å². The molecule has 128 valence electrons. The zero-order chi connectivity index (χ0) is 17.3. The van der Waals surface area contributed by atoms with Gasteiger partial charge in [-0.3, -0.25) is 9.59 Å². The van der Waals surface area contributed by atoms with Crippen LogP contribution in [0.15, 0.2) is 41.7 Å². The predicted octanol–water partition coefficient (Wildman–Crippen LogP) is 3.94. The molecule has 1 fully saturated rings. The van der Waals surface area contributed by atoms with Gasteiger partial charge in [-0.2, -0.15) is 0 Å². The summed E-state index contributed by atoms with van der Waals surface area (Å²) in [6, 6.07) is 9.25. The highest BCUT2D eigenvalue weighted by molar-refractivity contribution is 6.09. The number of Topliss-reactive ketones (excluding diaryl/α,β-unsaturated/α-hetero) is 1. The predicted molar refractivity (Wildman–Crippen MR) is 92.4 cm³/mol. The number of ketones is 1. The van der Waals surface area contributed by atoms with Crippen molar-refractivity contribution in [1.82, 2.24) is 4.90 Å². The van der Waals surface area contributed by atoms with Crippen LogP contribution in [-0.2, 0) is 9.59 Å². The Hall–Kier alpha value is -2.10. The first-order chi connectivity index (χ1) is 11.5. The molecule has 1 aromatic carbocycles. The van der Waals surface area contributed by atoms with Crippen molar-refractivity contribution in [2.24, 2.45) is 5.92 Å². The fraction of sp³-hybridized carbons (Fsp3) is 0.500. The van der Waals surface area contributed by atoms with E-state index in [4.69, 9.17) is 0 Å². The molecule has 0 aromatic heterocycles. The maximum absolute atomic E-state index is 12.8. The molecule has 1 aromatic rings. The first kappa shape index (κ1) is 16.7. The Bertz CT molecular complexity index is 657. The number of aliphatic hydroxyl groups is 1. The number of carbonyl (C=O) groups is 2. The summed E-state index contributed by atoms with van der Waals surface area (Å²) in [5.41, 5.74) is 1.18. The molecule has 1 saturated carbocycles. The van der Waals surface area contributed by atoms with E-state index in [2.05, 4.69) is 0 Å². The minimum Gasteiger partial charge on any atom is -0.503 e. The van der Waals surface area contributed by atoms with Crippen molar-refractivity contribution >= 4 is 11.7 Å². The maximum Gasteiger partial charge on any atom is 0.290 e. The highest BCUT2D eigenvalue weighted by Gasteiger charge is 2.46. The minimum absolute atomic E-state index is 0.106. The molecule has 0 bridgehead atoms. The van der Waals surface area contributed by atoms with Crippen molar-refractivity contribution in [3.05, 3.63) is 47.2 Å². The van der Waals surface area contributed by atoms with E-state index in [1.807, 2.05) is 44.2 Å². The van der Waals surface area contributed by atoms with E-state index in [0.717, 1.165) is 31.2 Å². The summed E-state index contributed by atoms with van der Waals surface area (Å²) < 4.78 is 0. The summed E-state index contributed by atoms with van der Waals surface area (Å²) >= 11 is 0. The van der Waals surface area contributed by atoms with Gasteiger partial charge in [0.1, 0.15) is 0 Å². The number of hydrogen-bond donors (Lipinski definition) is 1. The van der Waals surface area contributed by atoms with E-state index >= 15 is 0 Å². The Balaban J connectivity index is 2.03. The quantitative estimate of drug-likeness (QED) is 0.891. The van der Waals surface area contributed by atoms with Gasteiger partial charge in [0, 0.05) is 12.5 Å². The molecule has 1 N–H and O–H groups in total. The van der Waals surface area contributed by atoms with Crippen molar-refractivity contribution in [2.75, 3.05) is 0 Å². The third kappa shape index (κ3) is 2.97. The first-order valence-corrected chi connectivity index (χ1v) is 8.84. The van der Waals surface area contributed by atoms with Gasteiger partial charge >= 0.3 is 0 Å². The molecule has 1 aliphatic carbocycles. The van der Waals surface area contributed by atoms with Crippen LogP contribution >= 0.6 is 0 Å². The SMILES string of the molecule is CC(C)CC(=O)C1=C(O)C(=O)N(C2CCCC2)C1c1ccccc1. The van der Waals surface area contributed by atoms with Crippen LogP contribution < -0.4 is 0 Å². The largest absolute Gasteiger partial charge is 0.503 e. The van der Waals surface area contributed by atoms with E-state index in [0.29, 0.717) is 6.42 Å². The Morgan fingerprint density at radius 3 is 2.42 bits per heavy atom. The van der Waals surface area contributed by atoms with E-state index in [-0.39, 0.29) is 35.0 Å². The number of hydrogen-bond acceptors (Lipinski definition) is 3. The van der Waals surface area contributed by atoms with Crippen LogP contribution in [0, 0.1) is 5.92 Å². The Morgan fingerprint density at radius 2 is 1.83 bits per heavy atom. The third-order valence-corrected chi connectivity index (χ3v) is 4.97.